The van der Waals surface area contributed by atoms with E-state index in [9.17, 15) is 4.79 Å². The highest BCUT2D eigenvalue weighted by atomic mass is 32.5. The average molecular weight is 514 g/mol. The Morgan fingerprint density at radius 1 is 1.03 bits per heavy atom. The van der Waals surface area contributed by atoms with Crippen LogP contribution in [-0.2, 0) is 23.6 Å². The molecule has 0 bridgehead atoms. The molecule has 0 spiro atoms. The molecule has 6 N–H and O–H groups in total. The Morgan fingerprint density at radius 2 is 1.37 bits per heavy atom. The van der Waals surface area contributed by atoms with Crippen molar-refractivity contribution in [2.75, 3.05) is 21.2 Å². The molecule has 0 unspecified atom stereocenters. The highest BCUT2D eigenvalue weighted by Gasteiger charge is 2.10. The Bertz CT molecular complexity index is 634. The van der Waals surface area contributed by atoms with Crippen molar-refractivity contribution >= 4 is 43.1 Å². The van der Waals surface area contributed by atoms with Gasteiger partial charge in [-0.3, -0.25) is 0 Å². The van der Waals surface area contributed by atoms with Crippen LogP contribution in [0.25, 0.3) is 0 Å². The third kappa shape index (κ3) is 41.6. The van der Waals surface area contributed by atoms with Crippen molar-refractivity contribution in [3.8, 4) is 11.9 Å². The number of methoxy groups -OCH3 is 1. The van der Waals surface area contributed by atoms with Crippen molar-refractivity contribution < 1.29 is 43.6 Å². The molecule has 1 aromatic heterocycles. The Morgan fingerprint density at radius 3 is 1.63 bits per heavy atom. The molecule has 0 saturated carbocycles. The second-order valence-electron chi connectivity index (χ2n) is 4.83. The van der Waals surface area contributed by atoms with E-state index in [4.69, 9.17) is 38.8 Å². The van der Waals surface area contributed by atoms with Crippen LogP contribution in [0, 0.1) is 6.92 Å². The van der Waals surface area contributed by atoms with Gasteiger partial charge in [0, 0.05) is 25.9 Å². The topological polar surface area (TPSA) is 186 Å². The van der Waals surface area contributed by atoms with E-state index in [-0.39, 0.29) is 11.9 Å². The molecule has 1 rings (SSSR count). The Hall–Kier alpha value is -0.790. The van der Waals surface area contributed by atoms with Crippen LogP contribution in [0.2, 0.25) is 0 Å². The number of aromatic nitrogens is 2. The normalized spacial score (nSPS) is 9.53. The third-order valence-corrected chi connectivity index (χ3v) is 1.55. The van der Waals surface area contributed by atoms with Crippen LogP contribution in [0.4, 0.5) is 4.79 Å². The summed E-state index contributed by atoms with van der Waals surface area (Å²) in [6, 6.07) is 1.74. The van der Waals surface area contributed by atoms with Gasteiger partial charge in [0.2, 0.25) is 5.88 Å². The molecule has 0 fully saturated rings. The molecule has 30 heavy (non-hydrogen) atoms. The number of carbonyl (C=O) groups is 1. The summed E-state index contributed by atoms with van der Waals surface area (Å²) in [5, 5.41) is 0. The standard InChI is InChI=1S/C9H13N3O3.C3H8.C2H6.2H3O3PS/c1-6-5-7(11-8(10-6)14-4)15-9(13)12(2)3;1-3-2;1-2;2*1-4(2,3)5/h5H,1-4H3;3H2,1-2H3;1-2H3;2*(H3,1,2,3,5). The lowest BCUT2D eigenvalue weighted by Gasteiger charge is -2.10. The van der Waals surface area contributed by atoms with E-state index >= 15 is 0 Å². The number of rotatable bonds is 2. The van der Waals surface area contributed by atoms with Crippen molar-refractivity contribution in [1.29, 1.82) is 0 Å². The van der Waals surface area contributed by atoms with Crippen LogP contribution >= 0.6 is 13.4 Å². The summed E-state index contributed by atoms with van der Waals surface area (Å²) < 4.78 is 9.81. The van der Waals surface area contributed by atoms with E-state index in [0.29, 0.717) is 5.69 Å². The van der Waals surface area contributed by atoms with Crippen molar-refractivity contribution in [3.05, 3.63) is 11.8 Å². The van der Waals surface area contributed by atoms with Crippen molar-refractivity contribution in [2.45, 2.75) is 41.0 Å². The van der Waals surface area contributed by atoms with Gasteiger partial charge in [-0.25, -0.2) is 9.78 Å². The lowest BCUT2D eigenvalue weighted by molar-refractivity contribution is 0.169. The van der Waals surface area contributed by atoms with Crippen LogP contribution in [-0.4, -0.2) is 71.5 Å². The monoisotopic (exact) mass is 513 g/mol. The zero-order valence-electron chi connectivity index (χ0n) is 18.2. The minimum Gasteiger partial charge on any atom is -0.467 e. The predicted octanol–water partition coefficient (Wildman–Crippen LogP) is 1.67. The highest BCUT2D eigenvalue weighted by molar-refractivity contribution is 8.06. The van der Waals surface area contributed by atoms with Crippen LogP contribution in [0.15, 0.2) is 6.07 Å². The second-order valence-corrected chi connectivity index (χ2v) is 9.82. The van der Waals surface area contributed by atoms with Gasteiger partial charge in [-0.2, -0.15) is 4.98 Å². The molecular weight excluding hydrogens is 480 g/mol. The zero-order chi connectivity index (χ0) is 25.1. The molecule has 0 radical (unpaired) electrons. The van der Waals surface area contributed by atoms with Gasteiger partial charge < -0.3 is 43.7 Å². The molecule has 16 heteroatoms. The average Bonchev–Trinajstić information content (AvgIpc) is 2.53. The first-order valence-electron chi connectivity index (χ1n) is 8.29. The van der Waals surface area contributed by atoms with Gasteiger partial charge in [-0.05, 0) is 30.5 Å². The fraction of sp³-hybridized carbons (Fsp3) is 0.643. The minimum atomic E-state index is -3.81. The van der Waals surface area contributed by atoms with E-state index in [0.717, 1.165) is 0 Å². The molecular formula is C14H33N3O9P2S2. The second kappa shape index (κ2) is 20.1. The number of hydrogen-bond donors (Lipinski definition) is 6. The summed E-state index contributed by atoms with van der Waals surface area (Å²) in [6.07, 6.45) is 0.759. The maximum absolute atomic E-state index is 11.2. The molecule has 0 atom stereocenters. The molecule has 12 nitrogen and oxygen atoms in total. The fourth-order valence-corrected chi connectivity index (χ4v) is 0.838. The number of hydrogen-bond acceptors (Lipinski definition) is 7. The summed E-state index contributed by atoms with van der Waals surface area (Å²) in [6.45, 7) is 2.40. The number of amides is 1. The Balaban J connectivity index is -0.000000186. The van der Waals surface area contributed by atoms with E-state index in [1.807, 2.05) is 13.8 Å². The minimum absolute atomic E-state index is 0.177. The smallest absolute Gasteiger partial charge is 0.416 e. The van der Waals surface area contributed by atoms with E-state index in [1.165, 1.54) is 18.4 Å². The number of carbonyl (C=O) groups excluding carboxylic acids is 1. The third-order valence-electron chi connectivity index (χ3n) is 1.55. The molecule has 0 aliphatic carbocycles. The van der Waals surface area contributed by atoms with Gasteiger partial charge in [0.25, 0.3) is 0 Å². The summed E-state index contributed by atoms with van der Waals surface area (Å²) in [4.78, 5) is 65.7. The number of aryl methyl sites for hydroxylation is 1. The van der Waals surface area contributed by atoms with Gasteiger partial charge in [-0.15, -0.1) is 0 Å². The quantitative estimate of drug-likeness (QED) is 0.314. The summed E-state index contributed by atoms with van der Waals surface area (Å²) in [5.41, 5.74) is 0.670. The summed E-state index contributed by atoms with van der Waals surface area (Å²) >= 11 is 7.21. The molecule has 1 amide bonds. The van der Waals surface area contributed by atoms with E-state index in [1.54, 1.807) is 27.1 Å². The van der Waals surface area contributed by atoms with Crippen molar-refractivity contribution in [2.24, 2.45) is 0 Å². The van der Waals surface area contributed by atoms with E-state index < -0.39 is 19.5 Å². The Kier molecular flexibility index (Phi) is 24.5. The lowest BCUT2D eigenvalue weighted by atomic mass is 10.4. The highest BCUT2D eigenvalue weighted by Crippen LogP contribution is 2.27. The van der Waals surface area contributed by atoms with Crippen molar-refractivity contribution in [1.82, 2.24) is 14.9 Å². The SMILES string of the molecule is CC.CCC.COc1nc(C)cc(OC(=O)N(C)C)n1.OP(O)(O)=S.OP(O)(O)=S. The molecule has 0 aromatic carbocycles. The first kappa shape index (κ1) is 36.6. The molecule has 0 saturated heterocycles. The Labute approximate surface area is 187 Å². The number of ether oxygens (including phenoxy) is 2. The number of nitrogens with zero attached hydrogens (tertiary/aromatic N) is 3. The van der Waals surface area contributed by atoms with Gasteiger partial charge in [-0.1, -0.05) is 34.1 Å². The first-order valence-corrected chi connectivity index (χ1v) is 13.6. The lowest BCUT2D eigenvalue weighted by Crippen LogP contribution is -2.25. The van der Waals surface area contributed by atoms with Crippen LogP contribution < -0.4 is 9.47 Å². The molecule has 1 heterocycles. The zero-order valence-corrected chi connectivity index (χ0v) is 21.7. The van der Waals surface area contributed by atoms with Gasteiger partial charge in [0.05, 0.1) is 7.11 Å². The van der Waals surface area contributed by atoms with Crippen LogP contribution in [0.3, 0.4) is 0 Å². The molecule has 1 aromatic rings. The van der Waals surface area contributed by atoms with E-state index in [2.05, 4.69) is 47.4 Å². The molecule has 0 aliphatic rings. The maximum Gasteiger partial charge on any atom is 0.416 e. The maximum atomic E-state index is 11.2. The fourth-order valence-electron chi connectivity index (χ4n) is 0.838. The largest absolute Gasteiger partial charge is 0.467 e. The van der Waals surface area contributed by atoms with Gasteiger partial charge >= 0.3 is 25.5 Å². The summed E-state index contributed by atoms with van der Waals surface area (Å²) in [7, 11) is 4.63. The van der Waals surface area contributed by atoms with Gasteiger partial charge in [0.15, 0.2) is 0 Å². The van der Waals surface area contributed by atoms with Gasteiger partial charge in [0.1, 0.15) is 0 Å². The van der Waals surface area contributed by atoms with Crippen LogP contribution in [0.1, 0.15) is 39.8 Å². The summed E-state index contributed by atoms with van der Waals surface area (Å²) in [5.74, 6) is 0.179. The molecule has 0 aliphatic heterocycles. The molecule has 180 valence electrons. The van der Waals surface area contributed by atoms with Crippen molar-refractivity contribution in [3.63, 3.8) is 0 Å². The van der Waals surface area contributed by atoms with Crippen LogP contribution in [0.5, 0.6) is 11.9 Å². The predicted molar refractivity (Wildman–Crippen MR) is 122 cm³/mol. The first-order chi connectivity index (χ1) is 13.4.